The summed E-state index contributed by atoms with van der Waals surface area (Å²) in [7, 11) is 0. The van der Waals surface area contributed by atoms with Crippen LogP contribution in [0.3, 0.4) is 0 Å². The minimum absolute atomic E-state index is 0.173. The number of halogens is 3. The molecule has 1 aliphatic rings. The highest BCUT2D eigenvalue weighted by Crippen LogP contribution is 2.31. The fraction of sp³-hybridized carbons (Fsp3) is 0.294. The minimum atomic E-state index is -3.12. The number of fused-ring (bicyclic) bond motifs is 1. The van der Waals surface area contributed by atoms with Crippen LogP contribution in [-0.4, -0.2) is 46.8 Å². The Labute approximate surface area is 146 Å². The third kappa shape index (κ3) is 3.44. The number of hydrogen-bond donors (Lipinski definition) is 1. The smallest absolute Gasteiger partial charge is 0.268 e. The molecule has 1 aromatic heterocycles. The summed E-state index contributed by atoms with van der Waals surface area (Å²) in [4.78, 5) is 29.2. The highest BCUT2D eigenvalue weighted by atomic mass is 19.3. The van der Waals surface area contributed by atoms with E-state index in [9.17, 15) is 22.8 Å². The zero-order valence-corrected chi connectivity index (χ0v) is 13.4. The molecule has 0 aliphatic carbocycles. The predicted octanol–water partition coefficient (Wildman–Crippen LogP) is 1.86. The van der Waals surface area contributed by atoms with Crippen LogP contribution in [0.25, 0.3) is 10.9 Å². The summed E-state index contributed by atoms with van der Waals surface area (Å²) in [6.07, 6.45) is 0.606. The van der Waals surface area contributed by atoms with E-state index in [4.69, 9.17) is 5.26 Å². The number of nitriles is 1. The SMILES string of the molecule is N#C[C@@H]1CC(F)(F)CN1C(=O)CNC(=O)c1ccnc2cc(F)ccc12. The zero-order chi connectivity index (χ0) is 18.9. The third-order valence-corrected chi connectivity index (χ3v) is 4.09. The fourth-order valence-electron chi connectivity index (χ4n) is 2.87. The molecule has 1 aromatic carbocycles. The van der Waals surface area contributed by atoms with Crippen molar-refractivity contribution < 1.29 is 22.8 Å². The van der Waals surface area contributed by atoms with E-state index in [1.54, 1.807) is 6.07 Å². The number of hydrogen-bond acceptors (Lipinski definition) is 4. The number of amides is 2. The van der Waals surface area contributed by atoms with Crippen LogP contribution in [0, 0.1) is 17.1 Å². The number of benzene rings is 1. The van der Waals surface area contributed by atoms with E-state index in [2.05, 4.69) is 10.3 Å². The Morgan fingerprint density at radius 2 is 2.15 bits per heavy atom. The molecule has 2 aromatic rings. The van der Waals surface area contributed by atoms with E-state index < -0.39 is 49.1 Å². The standard InChI is InChI=1S/C17H13F3N4O2/c18-10-1-2-12-13(3-4-22-14(12)5-10)16(26)23-8-15(25)24-9-17(19,20)6-11(24)7-21/h1-5,11H,6,8-9H2,(H,23,26)/t11-/m0/s1. The van der Waals surface area contributed by atoms with E-state index >= 15 is 0 Å². The van der Waals surface area contributed by atoms with Crippen molar-refractivity contribution in [3.63, 3.8) is 0 Å². The lowest BCUT2D eigenvalue weighted by Gasteiger charge is -2.19. The number of aromatic nitrogens is 1. The monoisotopic (exact) mass is 362 g/mol. The van der Waals surface area contributed by atoms with E-state index in [0.717, 1.165) is 4.90 Å². The number of likely N-dealkylation sites (tertiary alicyclic amines) is 1. The molecule has 134 valence electrons. The van der Waals surface area contributed by atoms with Gasteiger partial charge in [-0.15, -0.1) is 0 Å². The predicted molar refractivity (Wildman–Crippen MR) is 84.7 cm³/mol. The van der Waals surface area contributed by atoms with Gasteiger partial charge in [0.15, 0.2) is 0 Å². The highest BCUT2D eigenvalue weighted by molar-refractivity contribution is 6.06. The molecule has 0 spiro atoms. The van der Waals surface area contributed by atoms with Crippen molar-refractivity contribution in [2.45, 2.75) is 18.4 Å². The summed E-state index contributed by atoms with van der Waals surface area (Å²) >= 11 is 0. The lowest BCUT2D eigenvalue weighted by Crippen LogP contribution is -2.43. The Morgan fingerprint density at radius 1 is 1.38 bits per heavy atom. The molecule has 1 N–H and O–H groups in total. The van der Waals surface area contributed by atoms with Crippen molar-refractivity contribution in [3.8, 4) is 6.07 Å². The molecule has 6 nitrogen and oxygen atoms in total. The lowest BCUT2D eigenvalue weighted by atomic mass is 10.1. The van der Waals surface area contributed by atoms with Crippen LogP contribution in [0.5, 0.6) is 0 Å². The quantitative estimate of drug-likeness (QED) is 0.903. The molecule has 1 aliphatic heterocycles. The Morgan fingerprint density at radius 3 is 2.88 bits per heavy atom. The van der Waals surface area contributed by atoms with Gasteiger partial charge in [0.25, 0.3) is 11.8 Å². The van der Waals surface area contributed by atoms with E-state index in [-0.39, 0.29) is 11.1 Å². The van der Waals surface area contributed by atoms with Crippen molar-refractivity contribution in [2.24, 2.45) is 0 Å². The van der Waals surface area contributed by atoms with Gasteiger partial charge in [0, 0.05) is 24.1 Å². The summed E-state index contributed by atoms with van der Waals surface area (Å²) in [6.45, 7) is -1.38. The van der Waals surface area contributed by atoms with E-state index in [0.29, 0.717) is 5.39 Å². The van der Waals surface area contributed by atoms with Gasteiger partial charge in [-0.2, -0.15) is 5.26 Å². The number of carbonyl (C=O) groups excluding carboxylic acids is 2. The van der Waals surface area contributed by atoms with Gasteiger partial charge in [0.2, 0.25) is 5.91 Å². The van der Waals surface area contributed by atoms with Crippen LogP contribution in [0.2, 0.25) is 0 Å². The largest absolute Gasteiger partial charge is 0.343 e. The van der Waals surface area contributed by atoms with Gasteiger partial charge in [-0.25, -0.2) is 13.2 Å². The maximum absolute atomic E-state index is 13.4. The van der Waals surface area contributed by atoms with Crippen LogP contribution in [0.1, 0.15) is 16.8 Å². The van der Waals surface area contributed by atoms with Gasteiger partial charge in [0.05, 0.1) is 30.2 Å². The van der Waals surface area contributed by atoms with Crippen LogP contribution < -0.4 is 5.32 Å². The van der Waals surface area contributed by atoms with Gasteiger partial charge in [-0.05, 0) is 18.2 Å². The lowest BCUT2D eigenvalue weighted by molar-refractivity contribution is -0.131. The second-order valence-corrected chi connectivity index (χ2v) is 5.93. The normalized spacial score (nSPS) is 18.5. The second-order valence-electron chi connectivity index (χ2n) is 5.93. The topological polar surface area (TPSA) is 86.1 Å². The van der Waals surface area contributed by atoms with Crippen LogP contribution >= 0.6 is 0 Å². The molecule has 1 atom stereocenters. The third-order valence-electron chi connectivity index (χ3n) is 4.09. The Balaban J connectivity index is 1.72. The molecule has 9 heteroatoms. The fourth-order valence-corrected chi connectivity index (χ4v) is 2.87. The van der Waals surface area contributed by atoms with Crippen LogP contribution in [0.15, 0.2) is 30.5 Å². The van der Waals surface area contributed by atoms with Crippen LogP contribution in [-0.2, 0) is 4.79 Å². The molecular weight excluding hydrogens is 349 g/mol. The second kappa shape index (κ2) is 6.63. The number of alkyl halides is 2. The highest BCUT2D eigenvalue weighted by Gasteiger charge is 2.47. The number of carbonyl (C=O) groups is 2. The van der Waals surface area contributed by atoms with Gasteiger partial charge in [-0.1, -0.05) is 0 Å². The Bertz CT molecular complexity index is 926. The molecule has 1 saturated heterocycles. The summed E-state index contributed by atoms with van der Waals surface area (Å²) in [5.41, 5.74) is 0.444. The van der Waals surface area contributed by atoms with Crippen molar-refractivity contribution in [2.75, 3.05) is 13.1 Å². The first kappa shape index (κ1) is 17.7. The molecule has 1 fully saturated rings. The molecule has 0 unspecified atom stereocenters. The first-order chi connectivity index (χ1) is 12.3. The molecule has 2 heterocycles. The maximum Gasteiger partial charge on any atom is 0.268 e. The van der Waals surface area contributed by atoms with Gasteiger partial charge >= 0.3 is 0 Å². The molecule has 26 heavy (non-hydrogen) atoms. The van der Waals surface area contributed by atoms with E-state index in [1.165, 1.54) is 30.5 Å². The maximum atomic E-state index is 13.4. The molecule has 0 bridgehead atoms. The average Bonchev–Trinajstić information content (AvgIpc) is 2.93. The van der Waals surface area contributed by atoms with Crippen molar-refractivity contribution in [3.05, 3.63) is 41.8 Å². The van der Waals surface area contributed by atoms with Crippen LogP contribution in [0.4, 0.5) is 13.2 Å². The van der Waals surface area contributed by atoms with Gasteiger partial charge < -0.3 is 10.2 Å². The van der Waals surface area contributed by atoms with Crippen molar-refractivity contribution >= 4 is 22.7 Å². The molecule has 0 radical (unpaired) electrons. The summed E-state index contributed by atoms with van der Waals surface area (Å²) in [5.74, 6) is -5.02. The van der Waals surface area contributed by atoms with Gasteiger partial charge in [-0.3, -0.25) is 14.6 Å². The average molecular weight is 362 g/mol. The number of pyridine rings is 1. The molecule has 2 amide bonds. The molecule has 3 rings (SSSR count). The first-order valence-corrected chi connectivity index (χ1v) is 7.70. The zero-order valence-electron chi connectivity index (χ0n) is 13.4. The summed E-state index contributed by atoms with van der Waals surface area (Å²) in [5, 5.41) is 11.7. The summed E-state index contributed by atoms with van der Waals surface area (Å²) in [6, 6.07) is 5.58. The number of nitrogens with one attached hydrogen (secondary N) is 1. The Hall–Kier alpha value is -3.15. The first-order valence-electron chi connectivity index (χ1n) is 7.70. The van der Waals surface area contributed by atoms with E-state index in [1.807, 2.05) is 0 Å². The van der Waals surface area contributed by atoms with Crippen molar-refractivity contribution in [1.29, 1.82) is 5.26 Å². The van der Waals surface area contributed by atoms with Crippen molar-refractivity contribution in [1.82, 2.24) is 15.2 Å². The number of rotatable bonds is 3. The minimum Gasteiger partial charge on any atom is -0.343 e. The Kier molecular flexibility index (Phi) is 4.50. The summed E-state index contributed by atoms with van der Waals surface area (Å²) < 4.78 is 40.0. The number of nitrogens with zero attached hydrogens (tertiary/aromatic N) is 3. The molecule has 0 saturated carbocycles. The van der Waals surface area contributed by atoms with Gasteiger partial charge in [0.1, 0.15) is 11.9 Å². The molecular formula is C17H13F3N4O2.